The van der Waals surface area contributed by atoms with Gasteiger partial charge in [-0.25, -0.2) is 4.98 Å². The van der Waals surface area contributed by atoms with Crippen molar-refractivity contribution in [1.29, 1.82) is 0 Å². The van der Waals surface area contributed by atoms with Crippen molar-refractivity contribution in [3.8, 4) is 0 Å². The average molecular weight is 228 g/mol. The molecular weight excluding hydrogens is 212 g/mol. The van der Waals surface area contributed by atoms with Gasteiger partial charge in [0.05, 0.1) is 6.04 Å². The number of pyridine rings is 1. The van der Waals surface area contributed by atoms with Crippen LogP contribution in [0.15, 0.2) is 48.7 Å². The standard InChI is InChI=1S/C13H16N4/c14-13-11(7-4-8-16-13)12(17-15)9-10-5-2-1-3-6-10/h1-8,12,17H,9,15H2,(H2,14,16). The molecule has 0 aliphatic rings. The van der Waals surface area contributed by atoms with Crippen LogP contribution in [0.1, 0.15) is 17.2 Å². The molecule has 4 heteroatoms. The largest absolute Gasteiger partial charge is 0.383 e. The minimum atomic E-state index is -0.0221. The first kappa shape index (κ1) is 11.6. The SMILES string of the molecule is NNC(Cc1ccccc1)c1cccnc1N. The van der Waals surface area contributed by atoms with Gasteiger partial charge in [0, 0.05) is 11.8 Å². The topological polar surface area (TPSA) is 77.0 Å². The predicted octanol–water partition coefficient (Wildman–Crippen LogP) is 1.41. The van der Waals surface area contributed by atoms with Crippen LogP contribution >= 0.6 is 0 Å². The summed E-state index contributed by atoms with van der Waals surface area (Å²) < 4.78 is 0. The van der Waals surface area contributed by atoms with E-state index in [1.807, 2.05) is 30.3 Å². The van der Waals surface area contributed by atoms with Gasteiger partial charge in [-0.3, -0.25) is 11.3 Å². The maximum atomic E-state index is 5.84. The molecule has 1 heterocycles. The van der Waals surface area contributed by atoms with E-state index in [1.54, 1.807) is 6.20 Å². The van der Waals surface area contributed by atoms with E-state index in [1.165, 1.54) is 5.56 Å². The van der Waals surface area contributed by atoms with Gasteiger partial charge in [0.2, 0.25) is 0 Å². The number of hydrogen-bond acceptors (Lipinski definition) is 4. The third-order valence-corrected chi connectivity index (χ3v) is 2.73. The Morgan fingerprint density at radius 2 is 1.88 bits per heavy atom. The molecule has 0 aliphatic heterocycles. The lowest BCUT2D eigenvalue weighted by Gasteiger charge is -2.17. The molecule has 2 rings (SSSR count). The smallest absolute Gasteiger partial charge is 0.128 e. The summed E-state index contributed by atoms with van der Waals surface area (Å²) in [7, 11) is 0. The van der Waals surface area contributed by atoms with Crippen LogP contribution in [0.2, 0.25) is 0 Å². The Labute approximate surface area is 101 Å². The molecule has 1 unspecified atom stereocenters. The van der Waals surface area contributed by atoms with Crippen LogP contribution in [-0.2, 0) is 6.42 Å². The van der Waals surface area contributed by atoms with E-state index >= 15 is 0 Å². The number of nitrogens with one attached hydrogen (secondary N) is 1. The summed E-state index contributed by atoms with van der Waals surface area (Å²) in [5.41, 5.74) is 10.8. The molecule has 1 atom stereocenters. The molecule has 1 aromatic heterocycles. The Balaban J connectivity index is 2.21. The molecule has 2 aromatic rings. The first-order valence-corrected chi connectivity index (χ1v) is 5.51. The Hall–Kier alpha value is -1.91. The predicted molar refractivity (Wildman–Crippen MR) is 68.9 cm³/mol. The van der Waals surface area contributed by atoms with Crippen LogP contribution < -0.4 is 17.0 Å². The van der Waals surface area contributed by atoms with Gasteiger partial charge in [0.1, 0.15) is 5.82 Å². The number of benzene rings is 1. The molecule has 0 spiro atoms. The Kier molecular flexibility index (Phi) is 3.69. The number of anilines is 1. The lowest BCUT2D eigenvalue weighted by molar-refractivity contribution is 0.552. The second-order valence-electron chi connectivity index (χ2n) is 3.89. The van der Waals surface area contributed by atoms with Gasteiger partial charge in [0.15, 0.2) is 0 Å². The second kappa shape index (κ2) is 5.43. The first-order valence-electron chi connectivity index (χ1n) is 5.51. The molecule has 0 saturated carbocycles. The Morgan fingerprint density at radius 1 is 1.12 bits per heavy atom. The molecule has 0 fully saturated rings. The van der Waals surface area contributed by atoms with Crippen LogP contribution in [0.5, 0.6) is 0 Å². The fourth-order valence-electron chi connectivity index (χ4n) is 1.83. The highest BCUT2D eigenvalue weighted by Gasteiger charge is 2.13. The van der Waals surface area contributed by atoms with Gasteiger partial charge in [-0.05, 0) is 18.1 Å². The Morgan fingerprint density at radius 3 is 2.53 bits per heavy atom. The highest BCUT2D eigenvalue weighted by atomic mass is 15.2. The summed E-state index contributed by atoms with van der Waals surface area (Å²) in [6.07, 6.45) is 2.46. The van der Waals surface area contributed by atoms with E-state index in [9.17, 15) is 0 Å². The minimum absolute atomic E-state index is 0.0221. The maximum absolute atomic E-state index is 5.84. The van der Waals surface area contributed by atoms with Crippen molar-refractivity contribution in [3.05, 3.63) is 59.8 Å². The highest BCUT2D eigenvalue weighted by molar-refractivity contribution is 5.41. The zero-order valence-electron chi connectivity index (χ0n) is 9.51. The van der Waals surface area contributed by atoms with E-state index < -0.39 is 0 Å². The molecule has 4 nitrogen and oxygen atoms in total. The summed E-state index contributed by atoms with van der Waals surface area (Å²) in [5.74, 6) is 6.11. The third-order valence-electron chi connectivity index (χ3n) is 2.73. The number of rotatable bonds is 4. The van der Waals surface area contributed by atoms with E-state index in [4.69, 9.17) is 11.6 Å². The van der Waals surface area contributed by atoms with Gasteiger partial charge in [-0.1, -0.05) is 36.4 Å². The van der Waals surface area contributed by atoms with Crippen LogP contribution in [0.4, 0.5) is 5.82 Å². The molecular formula is C13H16N4. The number of hydrazine groups is 1. The normalized spacial score (nSPS) is 12.3. The summed E-state index contributed by atoms with van der Waals surface area (Å²) >= 11 is 0. The number of aromatic nitrogens is 1. The fourth-order valence-corrected chi connectivity index (χ4v) is 1.83. The lowest BCUT2D eigenvalue weighted by Crippen LogP contribution is -2.30. The molecule has 0 radical (unpaired) electrons. The van der Waals surface area contributed by atoms with Crippen molar-refractivity contribution >= 4 is 5.82 Å². The van der Waals surface area contributed by atoms with Crippen molar-refractivity contribution in [1.82, 2.24) is 10.4 Å². The summed E-state index contributed by atoms with van der Waals surface area (Å²) in [6, 6.07) is 13.9. The van der Waals surface area contributed by atoms with E-state index in [-0.39, 0.29) is 6.04 Å². The van der Waals surface area contributed by atoms with Gasteiger partial charge in [-0.2, -0.15) is 0 Å². The van der Waals surface area contributed by atoms with Gasteiger partial charge < -0.3 is 5.73 Å². The van der Waals surface area contributed by atoms with Crippen LogP contribution in [0, 0.1) is 0 Å². The molecule has 0 aliphatic carbocycles. The first-order chi connectivity index (χ1) is 8.31. The van der Waals surface area contributed by atoms with Gasteiger partial charge in [0.25, 0.3) is 0 Å². The van der Waals surface area contributed by atoms with Crippen molar-refractivity contribution in [2.45, 2.75) is 12.5 Å². The summed E-state index contributed by atoms with van der Waals surface area (Å²) in [4.78, 5) is 4.07. The van der Waals surface area contributed by atoms with E-state index in [0.717, 1.165) is 12.0 Å². The summed E-state index contributed by atoms with van der Waals surface area (Å²) in [6.45, 7) is 0. The fraction of sp³-hybridized carbons (Fsp3) is 0.154. The number of nitrogens with two attached hydrogens (primary N) is 2. The van der Waals surface area contributed by atoms with Crippen LogP contribution in [-0.4, -0.2) is 4.98 Å². The zero-order valence-corrected chi connectivity index (χ0v) is 9.51. The number of nitrogens with zero attached hydrogens (tertiary/aromatic N) is 1. The third kappa shape index (κ3) is 2.81. The van der Waals surface area contributed by atoms with Gasteiger partial charge >= 0.3 is 0 Å². The molecule has 0 bridgehead atoms. The number of hydrogen-bond donors (Lipinski definition) is 3. The molecule has 5 N–H and O–H groups in total. The monoisotopic (exact) mass is 228 g/mol. The molecule has 0 amide bonds. The van der Waals surface area contributed by atoms with Crippen molar-refractivity contribution in [2.75, 3.05) is 5.73 Å². The zero-order chi connectivity index (χ0) is 12.1. The second-order valence-corrected chi connectivity index (χ2v) is 3.89. The van der Waals surface area contributed by atoms with E-state index in [0.29, 0.717) is 5.82 Å². The Bertz CT molecular complexity index is 470. The minimum Gasteiger partial charge on any atom is -0.383 e. The highest BCUT2D eigenvalue weighted by Crippen LogP contribution is 2.21. The van der Waals surface area contributed by atoms with Crippen LogP contribution in [0.25, 0.3) is 0 Å². The lowest BCUT2D eigenvalue weighted by atomic mass is 10.00. The molecule has 88 valence electrons. The van der Waals surface area contributed by atoms with Crippen molar-refractivity contribution in [3.63, 3.8) is 0 Å². The van der Waals surface area contributed by atoms with Crippen molar-refractivity contribution < 1.29 is 0 Å². The van der Waals surface area contributed by atoms with Gasteiger partial charge in [-0.15, -0.1) is 0 Å². The summed E-state index contributed by atoms with van der Waals surface area (Å²) in [5, 5.41) is 0. The quantitative estimate of drug-likeness (QED) is 0.546. The van der Waals surface area contributed by atoms with E-state index in [2.05, 4.69) is 22.5 Å². The maximum Gasteiger partial charge on any atom is 0.128 e. The molecule has 17 heavy (non-hydrogen) atoms. The number of nitrogen functional groups attached to an aromatic ring is 1. The molecule has 0 saturated heterocycles. The molecule has 1 aromatic carbocycles. The average Bonchev–Trinajstić information content (AvgIpc) is 2.38. The van der Waals surface area contributed by atoms with Crippen LogP contribution in [0.3, 0.4) is 0 Å². The van der Waals surface area contributed by atoms with Crippen molar-refractivity contribution in [2.24, 2.45) is 5.84 Å².